The first-order valence-electron chi connectivity index (χ1n) is 4.93. The Labute approximate surface area is 92.7 Å². The zero-order valence-electron chi connectivity index (χ0n) is 8.64. The van der Waals surface area contributed by atoms with Crippen LogP contribution in [0, 0.1) is 5.41 Å². The third-order valence-corrected chi connectivity index (χ3v) is 4.01. The van der Waals surface area contributed by atoms with Gasteiger partial charge in [0.25, 0.3) is 0 Å². The van der Waals surface area contributed by atoms with Crippen molar-refractivity contribution < 1.29 is 9.90 Å². The second-order valence-electron chi connectivity index (χ2n) is 4.21. The number of aliphatic carboxylic acids is 1. The minimum absolute atomic E-state index is 0.0618. The predicted octanol–water partition coefficient (Wildman–Crippen LogP) is 1.77. The molecule has 1 aromatic rings. The summed E-state index contributed by atoms with van der Waals surface area (Å²) in [6, 6.07) is 0. The molecular formula is C10H14N2O2S. The van der Waals surface area contributed by atoms with E-state index in [-0.39, 0.29) is 5.41 Å². The molecule has 82 valence electrons. The zero-order valence-corrected chi connectivity index (χ0v) is 9.46. The summed E-state index contributed by atoms with van der Waals surface area (Å²) in [6.45, 7) is 0. The van der Waals surface area contributed by atoms with Gasteiger partial charge in [0, 0.05) is 23.9 Å². The van der Waals surface area contributed by atoms with Gasteiger partial charge in [-0.25, -0.2) is 0 Å². The van der Waals surface area contributed by atoms with Crippen LogP contribution in [0.2, 0.25) is 0 Å². The lowest BCUT2D eigenvalue weighted by Gasteiger charge is -2.10. The van der Waals surface area contributed by atoms with Crippen molar-refractivity contribution in [2.45, 2.75) is 24.2 Å². The molecule has 1 aliphatic rings. The molecule has 0 bridgehead atoms. The van der Waals surface area contributed by atoms with Gasteiger partial charge in [0.1, 0.15) is 0 Å². The van der Waals surface area contributed by atoms with Crippen LogP contribution < -0.4 is 0 Å². The van der Waals surface area contributed by atoms with Crippen LogP contribution in [0.3, 0.4) is 0 Å². The standard InChI is InChI=1S/C10H14N2O2S/c1-12-6-8(5-11-12)15-7-10(2-3-10)4-9(13)14/h5-6H,2-4,7H2,1H3,(H,13,14). The normalized spacial score (nSPS) is 17.7. The quantitative estimate of drug-likeness (QED) is 0.777. The number of rotatable bonds is 5. The monoisotopic (exact) mass is 226 g/mol. The lowest BCUT2D eigenvalue weighted by molar-refractivity contribution is -0.138. The summed E-state index contributed by atoms with van der Waals surface area (Å²) in [5, 5.41) is 12.8. The van der Waals surface area contributed by atoms with Crippen LogP contribution in [0.15, 0.2) is 17.3 Å². The average Bonchev–Trinajstić information content (AvgIpc) is 2.77. The van der Waals surface area contributed by atoms with Gasteiger partial charge in [-0.15, -0.1) is 11.8 Å². The maximum Gasteiger partial charge on any atom is 0.303 e. The van der Waals surface area contributed by atoms with Gasteiger partial charge >= 0.3 is 5.97 Å². The zero-order chi connectivity index (χ0) is 10.9. The number of aromatic nitrogens is 2. The first-order valence-corrected chi connectivity index (χ1v) is 5.91. The van der Waals surface area contributed by atoms with Crippen molar-refractivity contribution in [3.63, 3.8) is 0 Å². The molecule has 1 heterocycles. The van der Waals surface area contributed by atoms with Crippen molar-refractivity contribution in [1.29, 1.82) is 0 Å². The molecule has 0 aromatic carbocycles. The number of carboxylic acids is 1. The van der Waals surface area contributed by atoms with Crippen molar-refractivity contribution in [1.82, 2.24) is 9.78 Å². The van der Waals surface area contributed by atoms with E-state index in [4.69, 9.17) is 5.11 Å². The Kier molecular flexibility index (Phi) is 2.73. The van der Waals surface area contributed by atoms with Gasteiger partial charge in [-0.05, 0) is 18.3 Å². The van der Waals surface area contributed by atoms with Gasteiger partial charge in [0.15, 0.2) is 0 Å². The van der Waals surface area contributed by atoms with Crippen molar-refractivity contribution >= 4 is 17.7 Å². The Morgan fingerprint density at radius 3 is 2.93 bits per heavy atom. The third-order valence-electron chi connectivity index (χ3n) is 2.71. The van der Waals surface area contributed by atoms with Gasteiger partial charge in [-0.3, -0.25) is 9.48 Å². The second kappa shape index (κ2) is 3.89. The van der Waals surface area contributed by atoms with Crippen LogP contribution in [0.1, 0.15) is 19.3 Å². The smallest absolute Gasteiger partial charge is 0.303 e. The van der Waals surface area contributed by atoms with Gasteiger partial charge in [0.2, 0.25) is 0 Å². The molecule has 0 spiro atoms. The summed E-state index contributed by atoms with van der Waals surface area (Å²) in [5.41, 5.74) is 0.0618. The Bertz CT molecular complexity index is 371. The molecule has 4 nitrogen and oxygen atoms in total. The van der Waals surface area contributed by atoms with Gasteiger partial charge < -0.3 is 5.11 Å². The van der Waals surface area contributed by atoms with E-state index in [2.05, 4.69) is 5.10 Å². The van der Waals surface area contributed by atoms with Crippen LogP contribution in [0.5, 0.6) is 0 Å². The summed E-state index contributed by atoms with van der Waals surface area (Å²) in [4.78, 5) is 11.8. The van der Waals surface area contributed by atoms with Crippen LogP contribution >= 0.6 is 11.8 Å². The highest BCUT2D eigenvalue weighted by Crippen LogP contribution is 2.51. The first kappa shape index (κ1) is 10.5. The predicted molar refractivity (Wildman–Crippen MR) is 57.9 cm³/mol. The van der Waals surface area contributed by atoms with E-state index >= 15 is 0 Å². The molecule has 15 heavy (non-hydrogen) atoms. The highest BCUT2D eigenvalue weighted by molar-refractivity contribution is 7.99. The second-order valence-corrected chi connectivity index (χ2v) is 5.26. The Balaban J connectivity index is 1.85. The lowest BCUT2D eigenvalue weighted by Crippen LogP contribution is -2.10. The molecule has 1 N–H and O–H groups in total. The van der Waals surface area contributed by atoms with Crippen molar-refractivity contribution in [2.24, 2.45) is 12.5 Å². The van der Waals surface area contributed by atoms with E-state index in [0.717, 1.165) is 23.5 Å². The third kappa shape index (κ3) is 2.75. The molecule has 2 rings (SSSR count). The molecular weight excluding hydrogens is 212 g/mol. The van der Waals surface area contributed by atoms with Crippen LogP contribution in [0.25, 0.3) is 0 Å². The van der Waals surface area contributed by atoms with Crippen molar-refractivity contribution in [2.75, 3.05) is 5.75 Å². The molecule has 0 saturated heterocycles. The summed E-state index contributed by atoms with van der Waals surface area (Å²) < 4.78 is 1.76. The Hall–Kier alpha value is -0.970. The molecule has 0 atom stereocenters. The molecule has 1 saturated carbocycles. The van der Waals surface area contributed by atoms with E-state index < -0.39 is 5.97 Å². The number of thioether (sulfide) groups is 1. The fourth-order valence-corrected chi connectivity index (χ4v) is 2.79. The van der Waals surface area contributed by atoms with E-state index in [0.29, 0.717) is 6.42 Å². The molecule has 1 aromatic heterocycles. The van der Waals surface area contributed by atoms with Gasteiger partial charge in [-0.2, -0.15) is 5.10 Å². The van der Waals surface area contributed by atoms with Crippen molar-refractivity contribution in [3.05, 3.63) is 12.4 Å². The topological polar surface area (TPSA) is 55.1 Å². The molecule has 0 radical (unpaired) electrons. The number of nitrogens with zero attached hydrogens (tertiary/aromatic N) is 2. The van der Waals surface area contributed by atoms with Crippen LogP contribution in [-0.2, 0) is 11.8 Å². The molecule has 1 fully saturated rings. The Morgan fingerprint density at radius 2 is 2.47 bits per heavy atom. The summed E-state index contributed by atoms with van der Waals surface area (Å²) in [7, 11) is 1.88. The number of aryl methyl sites for hydroxylation is 1. The molecule has 0 amide bonds. The Morgan fingerprint density at radius 1 is 1.73 bits per heavy atom. The largest absolute Gasteiger partial charge is 0.481 e. The molecule has 5 heteroatoms. The fourth-order valence-electron chi connectivity index (χ4n) is 1.58. The average molecular weight is 226 g/mol. The number of carbonyl (C=O) groups is 1. The fraction of sp³-hybridized carbons (Fsp3) is 0.600. The van der Waals surface area contributed by atoms with E-state index in [1.54, 1.807) is 16.4 Å². The minimum Gasteiger partial charge on any atom is -0.481 e. The van der Waals surface area contributed by atoms with Gasteiger partial charge in [-0.1, -0.05) is 0 Å². The first-order chi connectivity index (χ1) is 7.10. The number of hydrogen-bond acceptors (Lipinski definition) is 3. The summed E-state index contributed by atoms with van der Waals surface area (Å²) in [6.07, 6.45) is 6.18. The summed E-state index contributed by atoms with van der Waals surface area (Å²) >= 11 is 1.71. The SMILES string of the molecule is Cn1cc(SCC2(CC(=O)O)CC2)cn1. The lowest BCUT2D eigenvalue weighted by atomic mass is 10.1. The summed E-state index contributed by atoms with van der Waals surface area (Å²) in [5.74, 6) is 0.213. The number of carboxylic acid groups (broad SMARTS) is 1. The maximum absolute atomic E-state index is 10.6. The molecule has 0 unspecified atom stereocenters. The van der Waals surface area contributed by atoms with E-state index in [1.807, 2.05) is 19.4 Å². The van der Waals surface area contributed by atoms with Crippen LogP contribution in [0.4, 0.5) is 0 Å². The van der Waals surface area contributed by atoms with E-state index in [9.17, 15) is 4.79 Å². The molecule has 1 aliphatic carbocycles. The minimum atomic E-state index is -0.681. The van der Waals surface area contributed by atoms with Gasteiger partial charge in [0.05, 0.1) is 12.6 Å². The maximum atomic E-state index is 10.6. The number of hydrogen-bond donors (Lipinski definition) is 1. The van der Waals surface area contributed by atoms with Crippen LogP contribution in [-0.4, -0.2) is 26.6 Å². The highest BCUT2D eigenvalue weighted by Gasteiger charge is 2.44. The van der Waals surface area contributed by atoms with E-state index in [1.165, 1.54) is 0 Å². The highest BCUT2D eigenvalue weighted by atomic mass is 32.2. The van der Waals surface area contributed by atoms with Crippen molar-refractivity contribution in [3.8, 4) is 0 Å². The molecule has 0 aliphatic heterocycles.